The van der Waals surface area contributed by atoms with Gasteiger partial charge in [0.2, 0.25) is 0 Å². The lowest BCUT2D eigenvalue weighted by molar-refractivity contribution is 1.23. The van der Waals surface area contributed by atoms with Crippen molar-refractivity contribution in [2.45, 2.75) is 10.6 Å². The first-order valence-electron chi connectivity index (χ1n) is 5.89. The van der Waals surface area contributed by atoms with Crippen LogP contribution in [-0.2, 0) is 5.75 Å². The van der Waals surface area contributed by atoms with Crippen molar-refractivity contribution in [2.24, 2.45) is 0 Å². The van der Waals surface area contributed by atoms with E-state index < -0.39 is 0 Å². The summed E-state index contributed by atoms with van der Waals surface area (Å²) in [6.07, 6.45) is 5.54. The van der Waals surface area contributed by atoms with Gasteiger partial charge in [-0.1, -0.05) is 18.2 Å². The molecule has 19 heavy (non-hydrogen) atoms. The Balaban J connectivity index is 1.86. The van der Waals surface area contributed by atoms with Gasteiger partial charge in [-0.15, -0.1) is 11.8 Å². The second-order valence-electron chi connectivity index (χ2n) is 4.13. The molecule has 0 aliphatic heterocycles. The van der Waals surface area contributed by atoms with Crippen LogP contribution in [0.3, 0.4) is 0 Å². The molecule has 0 radical (unpaired) electrons. The highest BCUT2D eigenvalue weighted by Gasteiger charge is 2.03. The van der Waals surface area contributed by atoms with Crippen molar-refractivity contribution < 1.29 is 0 Å². The van der Waals surface area contributed by atoms with Crippen molar-refractivity contribution in [1.29, 1.82) is 0 Å². The zero-order valence-electron chi connectivity index (χ0n) is 10.1. The zero-order chi connectivity index (χ0) is 13.1. The fraction of sp³-hybridized carbons (Fsp3) is 0.0667. The molecule has 0 saturated heterocycles. The molecule has 3 rings (SSSR count). The molecule has 0 spiro atoms. The van der Waals surface area contributed by atoms with E-state index in [9.17, 15) is 0 Å². The first-order valence-corrected chi connectivity index (χ1v) is 7.67. The van der Waals surface area contributed by atoms with Crippen LogP contribution in [0.1, 0.15) is 5.56 Å². The van der Waals surface area contributed by atoms with Crippen molar-refractivity contribution in [3.05, 3.63) is 65.0 Å². The minimum Gasteiger partial charge on any atom is -0.263 e. The van der Waals surface area contributed by atoms with Crippen LogP contribution in [0.25, 0.3) is 10.9 Å². The summed E-state index contributed by atoms with van der Waals surface area (Å²) in [7, 11) is 0. The van der Waals surface area contributed by atoms with Gasteiger partial charge in [0, 0.05) is 39.1 Å². The van der Waals surface area contributed by atoms with E-state index in [1.54, 1.807) is 18.0 Å². The molecule has 0 unspecified atom stereocenters. The molecule has 0 saturated carbocycles. The number of para-hydroxylation sites is 1. The third kappa shape index (κ3) is 2.96. The Morgan fingerprint density at radius 1 is 1.11 bits per heavy atom. The fourth-order valence-electron chi connectivity index (χ4n) is 1.89. The summed E-state index contributed by atoms with van der Waals surface area (Å²) in [4.78, 5) is 9.85. The van der Waals surface area contributed by atoms with Crippen molar-refractivity contribution in [2.75, 3.05) is 0 Å². The highest BCUT2D eigenvalue weighted by molar-refractivity contribution is 9.10. The zero-order valence-corrected chi connectivity index (χ0v) is 12.5. The van der Waals surface area contributed by atoms with Gasteiger partial charge in [0.15, 0.2) is 0 Å². The van der Waals surface area contributed by atoms with Crippen LogP contribution in [0, 0.1) is 0 Å². The molecular weight excluding hydrogens is 320 g/mol. The number of fused-ring (bicyclic) bond motifs is 1. The van der Waals surface area contributed by atoms with Crippen LogP contribution >= 0.6 is 27.7 Å². The predicted octanol–water partition coefficient (Wildman–Crippen LogP) is 4.68. The second kappa shape index (κ2) is 5.72. The van der Waals surface area contributed by atoms with Gasteiger partial charge in [-0.05, 0) is 39.7 Å². The maximum atomic E-state index is 4.47. The minimum absolute atomic E-state index is 0.891. The summed E-state index contributed by atoms with van der Waals surface area (Å²) in [6, 6.07) is 12.4. The standard InChI is InChI=1S/C15H11BrN2S/c16-13-7-11(8-17-9-13)10-19-14-5-1-3-12-4-2-6-18-15(12)14/h1-9H,10H2. The molecule has 0 fully saturated rings. The van der Waals surface area contributed by atoms with E-state index in [0.717, 1.165) is 15.7 Å². The molecule has 3 aromatic rings. The number of rotatable bonds is 3. The topological polar surface area (TPSA) is 25.8 Å². The second-order valence-corrected chi connectivity index (χ2v) is 6.06. The number of pyridine rings is 2. The van der Waals surface area contributed by atoms with E-state index in [-0.39, 0.29) is 0 Å². The van der Waals surface area contributed by atoms with E-state index in [0.29, 0.717) is 0 Å². The molecule has 0 atom stereocenters. The van der Waals surface area contributed by atoms with E-state index in [4.69, 9.17) is 0 Å². The summed E-state index contributed by atoms with van der Waals surface area (Å²) >= 11 is 5.23. The van der Waals surface area contributed by atoms with Gasteiger partial charge in [-0.2, -0.15) is 0 Å². The number of aromatic nitrogens is 2. The van der Waals surface area contributed by atoms with Gasteiger partial charge >= 0.3 is 0 Å². The van der Waals surface area contributed by atoms with Crippen LogP contribution in [0.4, 0.5) is 0 Å². The number of halogens is 1. The van der Waals surface area contributed by atoms with Crippen LogP contribution in [0.15, 0.2) is 64.4 Å². The quantitative estimate of drug-likeness (QED) is 0.652. The Bertz CT molecular complexity index is 710. The van der Waals surface area contributed by atoms with Gasteiger partial charge in [-0.3, -0.25) is 9.97 Å². The van der Waals surface area contributed by atoms with Crippen molar-refractivity contribution in [3.63, 3.8) is 0 Å². The van der Waals surface area contributed by atoms with E-state index in [1.165, 1.54) is 15.8 Å². The lowest BCUT2D eigenvalue weighted by Crippen LogP contribution is -1.85. The molecule has 2 heterocycles. The van der Waals surface area contributed by atoms with E-state index in [1.807, 2.05) is 18.5 Å². The SMILES string of the molecule is Brc1cncc(CSc2cccc3cccnc23)c1. The van der Waals surface area contributed by atoms with Gasteiger partial charge in [0.05, 0.1) is 5.52 Å². The summed E-state index contributed by atoms with van der Waals surface area (Å²) in [5.41, 5.74) is 2.27. The first kappa shape index (κ1) is 12.6. The number of hydrogen-bond donors (Lipinski definition) is 0. The Labute approximate surface area is 124 Å². The maximum Gasteiger partial charge on any atom is 0.0837 e. The van der Waals surface area contributed by atoms with Gasteiger partial charge in [0.25, 0.3) is 0 Å². The first-order chi connectivity index (χ1) is 9.33. The number of benzene rings is 1. The molecule has 0 aliphatic carbocycles. The molecule has 94 valence electrons. The lowest BCUT2D eigenvalue weighted by Gasteiger charge is -2.05. The smallest absolute Gasteiger partial charge is 0.0837 e. The number of hydrogen-bond acceptors (Lipinski definition) is 3. The molecule has 0 bridgehead atoms. The highest BCUT2D eigenvalue weighted by atomic mass is 79.9. The summed E-state index contributed by atoms with van der Waals surface area (Å²) in [6.45, 7) is 0. The van der Waals surface area contributed by atoms with Gasteiger partial charge < -0.3 is 0 Å². The van der Waals surface area contributed by atoms with Gasteiger partial charge in [0.1, 0.15) is 0 Å². The molecule has 0 amide bonds. The lowest BCUT2D eigenvalue weighted by atomic mass is 10.2. The average Bonchev–Trinajstić information content (AvgIpc) is 2.45. The normalized spacial score (nSPS) is 10.8. The van der Waals surface area contributed by atoms with Crippen LogP contribution in [0.2, 0.25) is 0 Å². The predicted molar refractivity (Wildman–Crippen MR) is 83.2 cm³/mol. The third-order valence-corrected chi connectivity index (χ3v) is 4.30. The van der Waals surface area contributed by atoms with Crippen LogP contribution in [0.5, 0.6) is 0 Å². The Morgan fingerprint density at radius 3 is 2.89 bits per heavy atom. The molecule has 1 aromatic carbocycles. The number of thioether (sulfide) groups is 1. The fourth-order valence-corrected chi connectivity index (χ4v) is 3.26. The number of nitrogens with zero attached hydrogens (tertiary/aromatic N) is 2. The van der Waals surface area contributed by atoms with E-state index in [2.05, 4.69) is 56.2 Å². The molecule has 0 aliphatic rings. The van der Waals surface area contributed by atoms with Crippen LogP contribution in [-0.4, -0.2) is 9.97 Å². The molecule has 2 aromatic heterocycles. The highest BCUT2D eigenvalue weighted by Crippen LogP contribution is 2.29. The molecule has 0 N–H and O–H groups in total. The molecule has 4 heteroatoms. The third-order valence-electron chi connectivity index (χ3n) is 2.75. The van der Waals surface area contributed by atoms with Crippen molar-refractivity contribution in [3.8, 4) is 0 Å². The molecule has 2 nitrogen and oxygen atoms in total. The Morgan fingerprint density at radius 2 is 2.00 bits per heavy atom. The van der Waals surface area contributed by atoms with Crippen LogP contribution < -0.4 is 0 Å². The van der Waals surface area contributed by atoms with Crippen molar-refractivity contribution >= 4 is 38.6 Å². The maximum absolute atomic E-state index is 4.47. The van der Waals surface area contributed by atoms with Gasteiger partial charge in [-0.25, -0.2) is 0 Å². The Hall–Kier alpha value is -1.39. The largest absolute Gasteiger partial charge is 0.263 e. The molecular formula is C15H11BrN2S. The monoisotopic (exact) mass is 330 g/mol. The van der Waals surface area contributed by atoms with E-state index >= 15 is 0 Å². The van der Waals surface area contributed by atoms with Crippen molar-refractivity contribution in [1.82, 2.24) is 9.97 Å². The average molecular weight is 331 g/mol. The Kier molecular flexibility index (Phi) is 3.80. The summed E-state index contributed by atoms with van der Waals surface area (Å²) in [5.74, 6) is 0.891. The summed E-state index contributed by atoms with van der Waals surface area (Å²) < 4.78 is 1.02. The summed E-state index contributed by atoms with van der Waals surface area (Å²) in [5, 5.41) is 1.18. The minimum atomic E-state index is 0.891.